The Balaban J connectivity index is 1.17. The lowest BCUT2D eigenvalue weighted by Gasteiger charge is -2.34. The zero-order valence-corrected chi connectivity index (χ0v) is 27.9. The van der Waals surface area contributed by atoms with Crippen molar-refractivity contribution >= 4 is 40.2 Å². The van der Waals surface area contributed by atoms with Crippen LogP contribution in [0.3, 0.4) is 0 Å². The summed E-state index contributed by atoms with van der Waals surface area (Å²) < 4.78 is 22.5. The Hall–Kier alpha value is -4.37. The SMILES string of the molecule is Cc1nc(OC2CCC(NC(C)(C)C)CC2)c(C(=O)N[C@@H]2CCCN(c3cc(-c4ccc(C(N)=O)c(F)n4)n4ncnc(N)c34)C2)s1. The molecular weight excluding hydrogens is 623 g/mol. The Morgan fingerprint density at radius 1 is 1.11 bits per heavy atom. The van der Waals surface area contributed by atoms with Crippen LogP contribution in [0.15, 0.2) is 24.5 Å². The number of ether oxygens (including phenoxy) is 1. The van der Waals surface area contributed by atoms with E-state index in [0.29, 0.717) is 41.1 Å². The molecular formula is C32H41FN10O3S. The number of anilines is 2. The van der Waals surface area contributed by atoms with Crippen molar-refractivity contribution in [1.82, 2.24) is 35.2 Å². The van der Waals surface area contributed by atoms with E-state index in [0.717, 1.165) is 49.2 Å². The number of pyridine rings is 1. The van der Waals surface area contributed by atoms with E-state index in [1.54, 1.807) is 4.52 Å². The maximum Gasteiger partial charge on any atom is 0.267 e. The lowest BCUT2D eigenvalue weighted by atomic mass is 9.91. The van der Waals surface area contributed by atoms with Crippen molar-refractivity contribution < 1.29 is 18.7 Å². The Morgan fingerprint density at radius 2 is 1.87 bits per heavy atom. The number of nitrogen functional groups attached to an aromatic ring is 1. The molecule has 2 aliphatic rings. The van der Waals surface area contributed by atoms with Crippen LogP contribution in [0, 0.1) is 12.9 Å². The zero-order chi connectivity index (χ0) is 33.5. The summed E-state index contributed by atoms with van der Waals surface area (Å²) in [7, 11) is 0. The van der Waals surface area contributed by atoms with Crippen molar-refractivity contribution in [2.75, 3.05) is 23.7 Å². The third-order valence-corrected chi connectivity index (χ3v) is 9.49. The molecule has 1 saturated heterocycles. The third-order valence-electron chi connectivity index (χ3n) is 8.54. The van der Waals surface area contributed by atoms with Gasteiger partial charge in [0, 0.05) is 30.7 Å². The highest BCUT2D eigenvalue weighted by Gasteiger charge is 2.31. The first-order valence-electron chi connectivity index (χ1n) is 15.9. The molecule has 2 fully saturated rings. The molecule has 0 radical (unpaired) electrons. The number of thiazole rings is 1. The number of nitrogens with zero attached hydrogens (tertiary/aromatic N) is 6. The van der Waals surface area contributed by atoms with Crippen LogP contribution < -0.4 is 31.7 Å². The molecule has 5 heterocycles. The number of carbonyl (C=O) groups excluding carboxylic acids is 2. The molecule has 250 valence electrons. The molecule has 1 aliphatic carbocycles. The number of amides is 2. The predicted molar refractivity (Wildman–Crippen MR) is 178 cm³/mol. The van der Waals surface area contributed by atoms with E-state index in [1.165, 1.54) is 29.8 Å². The Morgan fingerprint density at radius 3 is 2.57 bits per heavy atom. The molecule has 2 amide bonds. The summed E-state index contributed by atoms with van der Waals surface area (Å²) >= 11 is 1.34. The standard InChI is InChI=1S/C32H41FN10O3S/c1-17-38-31(46-20-9-7-18(8-10-20)41-32(2,3)4)26(47-17)30(45)39-19-6-5-13-42(15-19)24-14-23(43-25(24)28(34)36-16-37-43)22-12-11-21(29(35)44)27(33)40-22/h11-12,14,16,18-20,41H,5-10,13,15H2,1-4H3,(H2,35,44)(H,39,45)(H2,34,36,37)/t18?,19-,20?/m1/s1. The van der Waals surface area contributed by atoms with Crippen molar-refractivity contribution in [2.45, 2.75) is 89.9 Å². The molecule has 0 aromatic carbocycles. The molecule has 6 rings (SSSR count). The van der Waals surface area contributed by atoms with Gasteiger partial charge in [0.05, 0.1) is 27.6 Å². The molecule has 1 aliphatic heterocycles. The molecule has 0 unspecified atom stereocenters. The van der Waals surface area contributed by atoms with E-state index in [2.05, 4.69) is 56.4 Å². The maximum atomic E-state index is 14.6. The topological polar surface area (TPSA) is 179 Å². The monoisotopic (exact) mass is 664 g/mol. The summed E-state index contributed by atoms with van der Waals surface area (Å²) in [6, 6.07) is 4.92. The number of aromatic nitrogens is 5. The first-order chi connectivity index (χ1) is 22.4. The highest BCUT2D eigenvalue weighted by Crippen LogP contribution is 2.35. The van der Waals surface area contributed by atoms with Gasteiger partial charge in [0.25, 0.3) is 11.8 Å². The minimum atomic E-state index is -0.971. The smallest absolute Gasteiger partial charge is 0.267 e. The number of aryl methyl sites for hydroxylation is 1. The van der Waals surface area contributed by atoms with E-state index in [1.807, 2.05) is 13.0 Å². The molecule has 4 aromatic rings. The minimum absolute atomic E-state index is 0.0196. The summed E-state index contributed by atoms with van der Waals surface area (Å²) in [6.07, 6.45) is 6.76. The number of carbonyl (C=O) groups is 2. The Labute approximate surface area is 276 Å². The van der Waals surface area contributed by atoms with Gasteiger partial charge in [-0.15, -0.1) is 11.3 Å². The average Bonchev–Trinajstić information content (AvgIpc) is 3.58. The van der Waals surface area contributed by atoms with Crippen LogP contribution in [-0.2, 0) is 0 Å². The van der Waals surface area contributed by atoms with E-state index >= 15 is 0 Å². The fourth-order valence-electron chi connectivity index (χ4n) is 6.52. The first-order valence-corrected chi connectivity index (χ1v) is 16.7. The van der Waals surface area contributed by atoms with Gasteiger partial charge in [0.1, 0.15) is 17.9 Å². The molecule has 15 heteroatoms. The molecule has 1 saturated carbocycles. The number of halogens is 1. The second-order valence-electron chi connectivity index (χ2n) is 13.3. The number of rotatable bonds is 8. The molecule has 13 nitrogen and oxygen atoms in total. The van der Waals surface area contributed by atoms with Gasteiger partial charge in [-0.1, -0.05) is 0 Å². The van der Waals surface area contributed by atoms with Crippen molar-refractivity contribution in [2.24, 2.45) is 5.73 Å². The van der Waals surface area contributed by atoms with Crippen molar-refractivity contribution in [1.29, 1.82) is 0 Å². The summed E-state index contributed by atoms with van der Waals surface area (Å²) in [5.74, 6) is -1.44. The average molecular weight is 665 g/mol. The number of primary amides is 1. The van der Waals surface area contributed by atoms with Crippen molar-refractivity contribution in [3.05, 3.63) is 45.9 Å². The van der Waals surface area contributed by atoms with Gasteiger partial charge >= 0.3 is 0 Å². The van der Waals surface area contributed by atoms with Gasteiger partial charge in [0.2, 0.25) is 11.8 Å². The fraction of sp³-hybridized carbons (Fsp3) is 0.500. The predicted octanol–water partition coefficient (Wildman–Crippen LogP) is 3.85. The van der Waals surface area contributed by atoms with Gasteiger partial charge in [-0.3, -0.25) is 9.59 Å². The molecule has 47 heavy (non-hydrogen) atoms. The summed E-state index contributed by atoms with van der Waals surface area (Å²) in [5, 5.41) is 12.0. The normalized spacial score (nSPS) is 20.4. The summed E-state index contributed by atoms with van der Waals surface area (Å²) in [5.41, 5.74) is 13.3. The van der Waals surface area contributed by atoms with Crippen LogP contribution in [0.1, 0.15) is 84.3 Å². The zero-order valence-electron chi connectivity index (χ0n) is 27.0. The molecule has 6 N–H and O–H groups in total. The van der Waals surface area contributed by atoms with Gasteiger partial charge in [-0.25, -0.2) is 19.5 Å². The fourth-order valence-corrected chi connectivity index (χ4v) is 7.28. The van der Waals surface area contributed by atoms with E-state index in [-0.39, 0.29) is 40.7 Å². The quantitative estimate of drug-likeness (QED) is 0.202. The van der Waals surface area contributed by atoms with Gasteiger partial charge in [-0.2, -0.15) is 9.49 Å². The number of hydrogen-bond acceptors (Lipinski definition) is 11. The minimum Gasteiger partial charge on any atom is -0.473 e. The van der Waals surface area contributed by atoms with E-state index < -0.39 is 11.9 Å². The van der Waals surface area contributed by atoms with Crippen LogP contribution >= 0.6 is 11.3 Å². The number of hydrogen-bond donors (Lipinski definition) is 4. The van der Waals surface area contributed by atoms with Gasteiger partial charge < -0.3 is 31.7 Å². The third kappa shape index (κ3) is 7.15. The highest BCUT2D eigenvalue weighted by atomic mass is 32.1. The molecule has 0 spiro atoms. The van der Waals surface area contributed by atoms with Crippen LogP contribution in [0.25, 0.3) is 16.9 Å². The number of nitrogens with one attached hydrogen (secondary N) is 2. The van der Waals surface area contributed by atoms with Crippen LogP contribution in [0.4, 0.5) is 15.9 Å². The lowest BCUT2D eigenvalue weighted by Crippen LogP contribution is -2.48. The van der Waals surface area contributed by atoms with Crippen LogP contribution in [0.5, 0.6) is 5.88 Å². The van der Waals surface area contributed by atoms with Crippen molar-refractivity contribution in [3.8, 4) is 17.3 Å². The Kier molecular flexibility index (Phi) is 9.03. The first kappa shape index (κ1) is 32.6. The van der Waals surface area contributed by atoms with Crippen LogP contribution in [-0.4, -0.2) is 73.2 Å². The van der Waals surface area contributed by atoms with Crippen LogP contribution in [0.2, 0.25) is 0 Å². The van der Waals surface area contributed by atoms with E-state index in [4.69, 9.17) is 16.2 Å². The Bertz CT molecular complexity index is 1790. The second kappa shape index (κ2) is 13.0. The lowest BCUT2D eigenvalue weighted by molar-refractivity contribution is 0.0918. The molecule has 4 aromatic heterocycles. The summed E-state index contributed by atoms with van der Waals surface area (Å²) in [6.45, 7) is 9.62. The maximum absolute atomic E-state index is 14.6. The van der Waals surface area contributed by atoms with Crippen molar-refractivity contribution in [3.63, 3.8) is 0 Å². The molecule has 0 bridgehead atoms. The molecule has 1 atom stereocenters. The van der Waals surface area contributed by atoms with Gasteiger partial charge in [-0.05, 0) is 84.4 Å². The van der Waals surface area contributed by atoms with Gasteiger partial charge in [0.15, 0.2) is 10.7 Å². The second-order valence-corrected chi connectivity index (χ2v) is 14.5. The van der Waals surface area contributed by atoms with E-state index in [9.17, 15) is 14.0 Å². The highest BCUT2D eigenvalue weighted by molar-refractivity contribution is 7.13. The number of nitrogens with two attached hydrogens (primary N) is 2. The largest absolute Gasteiger partial charge is 0.473 e. The summed E-state index contributed by atoms with van der Waals surface area (Å²) in [4.78, 5) is 40.5. The number of piperidine rings is 1. The number of fused-ring (bicyclic) bond motifs is 1.